The summed E-state index contributed by atoms with van der Waals surface area (Å²) in [4.78, 5) is 10.7. The van der Waals surface area contributed by atoms with E-state index in [-0.39, 0.29) is 0 Å². The molecule has 4 nitrogen and oxygen atoms in total. The van der Waals surface area contributed by atoms with Gasteiger partial charge in [-0.3, -0.25) is 4.90 Å². The highest BCUT2D eigenvalue weighted by atomic mass is 35.5. The Kier molecular flexibility index (Phi) is 11.3. The van der Waals surface area contributed by atoms with Gasteiger partial charge in [0.2, 0.25) is 6.19 Å². The molecule has 0 radical (unpaired) electrons. The van der Waals surface area contributed by atoms with Crippen LogP contribution in [0.1, 0.15) is 51.5 Å². The van der Waals surface area contributed by atoms with E-state index >= 15 is 0 Å². The molecular weight excluding hydrogens is 408 g/mol. The van der Waals surface area contributed by atoms with E-state index < -0.39 is 0 Å². The molecule has 1 saturated carbocycles. The summed E-state index contributed by atoms with van der Waals surface area (Å²) in [6.45, 7) is 7.33. The van der Waals surface area contributed by atoms with Crippen molar-refractivity contribution in [2.75, 3.05) is 24.6 Å². The molecule has 0 amide bonds. The molecule has 154 valence electrons. The molecule has 0 bridgehead atoms. The maximum atomic E-state index is 9.03. The Morgan fingerprint density at radius 3 is 2.75 bits per heavy atom. The summed E-state index contributed by atoms with van der Waals surface area (Å²) in [6, 6.07) is 3.89. The van der Waals surface area contributed by atoms with Gasteiger partial charge in [-0.25, -0.2) is 4.98 Å². The van der Waals surface area contributed by atoms with Crippen LogP contribution in [0.15, 0.2) is 23.3 Å². The highest BCUT2D eigenvalue weighted by molar-refractivity contribution is 8.38. The Bertz CT molecular complexity index is 637. The lowest BCUT2D eigenvalue weighted by Gasteiger charge is -2.24. The Morgan fingerprint density at radius 2 is 2.11 bits per heavy atom. The van der Waals surface area contributed by atoms with Crippen molar-refractivity contribution >= 4 is 39.5 Å². The van der Waals surface area contributed by atoms with Gasteiger partial charge in [0.1, 0.15) is 9.53 Å². The van der Waals surface area contributed by atoms with Crippen molar-refractivity contribution in [2.45, 2.75) is 52.5 Å². The van der Waals surface area contributed by atoms with Crippen molar-refractivity contribution in [3.05, 3.63) is 29.0 Å². The molecule has 1 heterocycles. The van der Waals surface area contributed by atoms with E-state index in [4.69, 9.17) is 16.9 Å². The number of nitriles is 1. The second kappa shape index (κ2) is 13.5. The highest BCUT2D eigenvalue weighted by Crippen LogP contribution is 2.29. The molecule has 1 aromatic rings. The van der Waals surface area contributed by atoms with E-state index in [0.29, 0.717) is 11.1 Å². The summed E-state index contributed by atoms with van der Waals surface area (Å²) in [7, 11) is 0. The predicted molar refractivity (Wildman–Crippen MR) is 124 cm³/mol. The SMILES string of the molecule is CC(C)CN(CCSC(=NC#N)SCC1CCCCC1)Cc1ccc(Cl)nc1. The first-order valence-corrected chi connectivity index (χ1v) is 12.5. The number of hydrogen-bond donors (Lipinski definition) is 0. The minimum Gasteiger partial charge on any atom is -0.298 e. The summed E-state index contributed by atoms with van der Waals surface area (Å²) in [6.07, 6.45) is 10.6. The molecule has 1 fully saturated rings. The van der Waals surface area contributed by atoms with E-state index in [2.05, 4.69) is 28.7 Å². The number of thioether (sulfide) groups is 2. The molecule has 7 heteroatoms. The van der Waals surface area contributed by atoms with Crippen LogP contribution in [0.4, 0.5) is 0 Å². The summed E-state index contributed by atoms with van der Waals surface area (Å²) in [5.41, 5.74) is 1.17. The monoisotopic (exact) mass is 438 g/mol. The van der Waals surface area contributed by atoms with Crippen LogP contribution < -0.4 is 0 Å². The van der Waals surface area contributed by atoms with Crippen LogP contribution in [0.5, 0.6) is 0 Å². The first-order chi connectivity index (χ1) is 13.6. The smallest absolute Gasteiger partial charge is 0.207 e. The van der Waals surface area contributed by atoms with Gasteiger partial charge in [-0.05, 0) is 36.3 Å². The minimum atomic E-state index is 0.530. The molecule has 0 spiro atoms. The first kappa shape index (κ1) is 23.5. The topological polar surface area (TPSA) is 52.3 Å². The van der Waals surface area contributed by atoms with Gasteiger partial charge < -0.3 is 0 Å². The fourth-order valence-corrected chi connectivity index (χ4v) is 5.81. The lowest BCUT2D eigenvalue weighted by molar-refractivity contribution is 0.250. The lowest BCUT2D eigenvalue weighted by Crippen LogP contribution is -2.29. The Morgan fingerprint density at radius 1 is 1.32 bits per heavy atom. The normalized spacial score (nSPS) is 15.9. The molecule has 0 saturated heterocycles. The van der Waals surface area contributed by atoms with Gasteiger partial charge >= 0.3 is 0 Å². The summed E-state index contributed by atoms with van der Waals surface area (Å²) in [5, 5.41) is 9.56. The third-order valence-electron chi connectivity index (χ3n) is 4.76. The minimum absolute atomic E-state index is 0.530. The quantitative estimate of drug-likeness (QED) is 0.202. The van der Waals surface area contributed by atoms with Crippen molar-refractivity contribution in [1.82, 2.24) is 9.88 Å². The molecule has 2 rings (SSSR count). The van der Waals surface area contributed by atoms with Crippen LogP contribution in [0, 0.1) is 23.3 Å². The van der Waals surface area contributed by atoms with E-state index in [0.717, 1.165) is 41.4 Å². The maximum Gasteiger partial charge on any atom is 0.207 e. The summed E-state index contributed by atoms with van der Waals surface area (Å²) in [5.74, 6) is 3.42. The maximum absolute atomic E-state index is 9.03. The van der Waals surface area contributed by atoms with Gasteiger partial charge in [0.05, 0.1) is 0 Å². The summed E-state index contributed by atoms with van der Waals surface area (Å²) < 4.78 is 0.922. The average molecular weight is 439 g/mol. The number of pyridine rings is 1. The predicted octanol–water partition coefficient (Wildman–Crippen LogP) is 6.08. The Balaban J connectivity index is 1.81. The number of aliphatic imine (C=N–C) groups is 1. The van der Waals surface area contributed by atoms with Crippen LogP contribution >= 0.6 is 35.1 Å². The van der Waals surface area contributed by atoms with Crippen LogP contribution in [0.25, 0.3) is 0 Å². The van der Waals surface area contributed by atoms with Crippen molar-refractivity contribution in [3.8, 4) is 6.19 Å². The number of hydrogen-bond acceptors (Lipinski definition) is 6. The van der Waals surface area contributed by atoms with Crippen molar-refractivity contribution in [3.63, 3.8) is 0 Å². The molecule has 1 aromatic heterocycles. The Labute approximate surface area is 183 Å². The Hall–Kier alpha value is -0.740. The second-order valence-electron chi connectivity index (χ2n) is 7.76. The third-order valence-corrected chi connectivity index (χ3v) is 7.39. The van der Waals surface area contributed by atoms with Gasteiger partial charge in [-0.2, -0.15) is 10.3 Å². The number of aromatic nitrogens is 1. The largest absolute Gasteiger partial charge is 0.298 e. The number of nitrogens with zero attached hydrogens (tertiary/aromatic N) is 4. The molecule has 0 unspecified atom stereocenters. The fourth-order valence-electron chi connectivity index (χ4n) is 3.46. The molecule has 1 aliphatic rings. The second-order valence-corrected chi connectivity index (χ2v) is 10.5. The van der Waals surface area contributed by atoms with Crippen molar-refractivity contribution in [1.29, 1.82) is 5.26 Å². The fraction of sp³-hybridized carbons (Fsp3) is 0.667. The van der Waals surface area contributed by atoms with Crippen LogP contribution in [-0.4, -0.2) is 38.9 Å². The van der Waals surface area contributed by atoms with Crippen molar-refractivity contribution < 1.29 is 0 Å². The van der Waals surface area contributed by atoms with Crippen LogP contribution in [0.3, 0.4) is 0 Å². The third kappa shape index (κ3) is 9.65. The molecular formula is C21H31ClN4S2. The molecule has 0 aromatic carbocycles. The van der Waals surface area contributed by atoms with E-state index in [1.165, 1.54) is 37.7 Å². The van der Waals surface area contributed by atoms with Gasteiger partial charge in [0.15, 0.2) is 0 Å². The summed E-state index contributed by atoms with van der Waals surface area (Å²) >= 11 is 9.38. The zero-order chi connectivity index (χ0) is 20.2. The zero-order valence-electron chi connectivity index (χ0n) is 16.9. The lowest BCUT2D eigenvalue weighted by atomic mass is 9.91. The van der Waals surface area contributed by atoms with Crippen LogP contribution in [-0.2, 0) is 6.54 Å². The van der Waals surface area contributed by atoms with Gasteiger partial charge in [-0.1, -0.05) is 74.3 Å². The standard InChI is InChI=1S/C21H31ClN4S2/c1-17(2)13-26(14-19-8-9-20(22)24-12-19)10-11-27-21(25-16-23)28-15-18-6-4-3-5-7-18/h8-9,12,17-18H,3-7,10-11,13-15H2,1-2H3. The molecule has 0 N–H and O–H groups in total. The average Bonchev–Trinajstić information content (AvgIpc) is 2.68. The molecule has 0 atom stereocenters. The van der Waals surface area contributed by atoms with Gasteiger partial charge in [-0.15, -0.1) is 0 Å². The van der Waals surface area contributed by atoms with Gasteiger partial charge in [0, 0.05) is 37.3 Å². The molecule has 28 heavy (non-hydrogen) atoms. The highest BCUT2D eigenvalue weighted by Gasteiger charge is 2.15. The zero-order valence-corrected chi connectivity index (χ0v) is 19.3. The molecule has 0 aliphatic heterocycles. The van der Waals surface area contributed by atoms with Crippen molar-refractivity contribution in [2.24, 2.45) is 16.8 Å². The van der Waals surface area contributed by atoms with E-state index in [1.807, 2.05) is 24.5 Å². The van der Waals surface area contributed by atoms with E-state index in [1.54, 1.807) is 23.5 Å². The van der Waals surface area contributed by atoms with Crippen LogP contribution in [0.2, 0.25) is 5.15 Å². The number of halogens is 1. The van der Waals surface area contributed by atoms with E-state index in [9.17, 15) is 0 Å². The number of rotatable bonds is 9. The molecule has 1 aliphatic carbocycles. The van der Waals surface area contributed by atoms with Gasteiger partial charge in [0.25, 0.3) is 0 Å². The first-order valence-electron chi connectivity index (χ1n) is 10.1.